The summed E-state index contributed by atoms with van der Waals surface area (Å²) in [6, 6.07) is 11.9. The van der Waals surface area contributed by atoms with Crippen LogP contribution in [0.15, 0.2) is 36.4 Å². The smallest absolute Gasteiger partial charge is 0.219 e. The molecular weight excluding hydrogens is 407 g/mol. The second kappa shape index (κ2) is 7.57. The number of carbonyl (C=O) groups is 1. The quantitative estimate of drug-likeness (QED) is 0.677. The average molecular weight is 430 g/mol. The van der Waals surface area contributed by atoms with Crippen LogP contribution in [0, 0.1) is 24.1 Å². The minimum Gasteiger partial charge on any atom is -0.390 e. The van der Waals surface area contributed by atoms with Gasteiger partial charge >= 0.3 is 0 Å². The molecule has 0 saturated carbocycles. The van der Waals surface area contributed by atoms with E-state index in [1.165, 1.54) is 12.1 Å². The number of benzene rings is 2. The van der Waals surface area contributed by atoms with Crippen LogP contribution in [0.4, 0.5) is 4.39 Å². The molecule has 5 rings (SSSR count). The topological polar surface area (TPSA) is 82.2 Å². The molecule has 0 saturated heterocycles. The van der Waals surface area contributed by atoms with Crippen molar-refractivity contribution < 1.29 is 14.3 Å². The van der Waals surface area contributed by atoms with E-state index in [4.69, 9.17) is 5.10 Å². The van der Waals surface area contributed by atoms with Gasteiger partial charge in [-0.25, -0.2) is 4.39 Å². The molecule has 7 heteroatoms. The second-order valence-electron chi connectivity index (χ2n) is 8.61. The molecular formula is C25H23FN4O2. The Labute approximate surface area is 185 Å². The molecule has 2 aromatic carbocycles. The van der Waals surface area contributed by atoms with Gasteiger partial charge in [0, 0.05) is 49.7 Å². The first-order valence-corrected chi connectivity index (χ1v) is 10.7. The molecule has 0 unspecified atom stereocenters. The van der Waals surface area contributed by atoms with Crippen molar-refractivity contribution in [3.05, 3.63) is 75.7 Å². The largest absolute Gasteiger partial charge is 0.390 e. The Bertz CT molecular complexity index is 1290. The van der Waals surface area contributed by atoms with Gasteiger partial charge in [-0.15, -0.1) is 0 Å². The highest BCUT2D eigenvalue weighted by molar-refractivity contribution is 5.75. The number of aliphatic hydroxyl groups is 1. The molecule has 0 spiro atoms. The van der Waals surface area contributed by atoms with Crippen molar-refractivity contribution in [3.63, 3.8) is 0 Å². The minimum atomic E-state index is -0.723. The fraction of sp³-hybridized carbons (Fsp3) is 0.320. The molecule has 2 aliphatic rings. The summed E-state index contributed by atoms with van der Waals surface area (Å²) in [6.07, 6.45) is 0.311. The van der Waals surface area contributed by atoms with E-state index in [0.29, 0.717) is 37.2 Å². The van der Waals surface area contributed by atoms with Gasteiger partial charge in [-0.2, -0.15) is 10.4 Å². The molecule has 1 aliphatic carbocycles. The third-order valence-electron chi connectivity index (χ3n) is 6.63. The van der Waals surface area contributed by atoms with Gasteiger partial charge in [-0.1, -0.05) is 12.1 Å². The second-order valence-corrected chi connectivity index (χ2v) is 8.61. The first-order chi connectivity index (χ1) is 15.4. The molecule has 32 heavy (non-hydrogen) atoms. The highest BCUT2D eigenvalue weighted by Gasteiger charge is 2.38. The zero-order chi connectivity index (χ0) is 22.6. The van der Waals surface area contributed by atoms with Gasteiger partial charge in [-0.05, 0) is 47.9 Å². The van der Waals surface area contributed by atoms with Crippen molar-refractivity contribution in [1.82, 2.24) is 14.7 Å². The maximum absolute atomic E-state index is 14.3. The normalized spacial score (nSPS) is 19.4. The van der Waals surface area contributed by atoms with Gasteiger partial charge in [0.15, 0.2) is 0 Å². The highest BCUT2D eigenvalue weighted by Crippen LogP contribution is 2.40. The van der Waals surface area contributed by atoms with E-state index in [2.05, 4.69) is 6.07 Å². The Kier molecular flexibility index (Phi) is 4.83. The van der Waals surface area contributed by atoms with Gasteiger partial charge < -0.3 is 10.0 Å². The van der Waals surface area contributed by atoms with Crippen LogP contribution in [0.3, 0.4) is 0 Å². The molecule has 1 amide bonds. The third kappa shape index (κ3) is 3.19. The molecule has 6 nitrogen and oxygen atoms in total. The van der Waals surface area contributed by atoms with E-state index in [-0.39, 0.29) is 11.7 Å². The Morgan fingerprint density at radius 1 is 1.28 bits per heavy atom. The number of carbonyl (C=O) groups excluding carboxylic acids is 1. The number of aryl methyl sites for hydroxylation is 1. The third-order valence-corrected chi connectivity index (χ3v) is 6.63. The molecule has 162 valence electrons. The van der Waals surface area contributed by atoms with Gasteiger partial charge in [0.2, 0.25) is 5.91 Å². The summed E-state index contributed by atoms with van der Waals surface area (Å²) in [5.41, 5.74) is 6.40. The number of aromatic nitrogens is 2. The number of hydrogen-bond acceptors (Lipinski definition) is 4. The van der Waals surface area contributed by atoms with Crippen molar-refractivity contribution >= 4 is 5.91 Å². The van der Waals surface area contributed by atoms with Crippen LogP contribution < -0.4 is 0 Å². The van der Waals surface area contributed by atoms with E-state index in [9.17, 15) is 19.6 Å². The Morgan fingerprint density at radius 2 is 2.09 bits per heavy atom. The molecule has 1 aliphatic heterocycles. The fourth-order valence-electron chi connectivity index (χ4n) is 5.08. The van der Waals surface area contributed by atoms with Gasteiger partial charge in [0.1, 0.15) is 11.9 Å². The summed E-state index contributed by atoms with van der Waals surface area (Å²) in [6.45, 7) is 4.38. The molecule has 0 bridgehead atoms. The van der Waals surface area contributed by atoms with E-state index >= 15 is 0 Å². The fourth-order valence-corrected chi connectivity index (χ4v) is 5.08. The Balaban J connectivity index is 1.70. The molecule has 0 fully saturated rings. The lowest BCUT2D eigenvalue weighted by Crippen LogP contribution is -2.35. The maximum atomic E-state index is 14.3. The molecule has 2 heterocycles. The number of halogens is 1. The van der Waals surface area contributed by atoms with E-state index < -0.39 is 12.1 Å². The summed E-state index contributed by atoms with van der Waals surface area (Å²) in [5.74, 6) is -0.338. The zero-order valence-electron chi connectivity index (χ0n) is 18.0. The van der Waals surface area contributed by atoms with Crippen molar-refractivity contribution in [1.29, 1.82) is 5.26 Å². The Hall–Kier alpha value is -3.50. The minimum absolute atomic E-state index is 0.0101. The van der Waals surface area contributed by atoms with Gasteiger partial charge in [0.05, 0.1) is 23.4 Å². The Morgan fingerprint density at radius 3 is 2.84 bits per heavy atom. The number of fused-ring (bicyclic) bond motifs is 2. The standard InChI is InChI=1S/C25H23FN4O2/c1-14-8-18(26)10-20-19(14)11-23(32)25(20)30-22-6-7-29(15(2)31)13-21(22)24(28-30)17-5-3-4-16(9-17)12-27/h3-5,8-10,23,25,32H,6-7,11,13H2,1-2H3/t23-,25-/m1/s1. The SMILES string of the molecule is CC(=O)N1CCc2c(c(-c3cccc(C#N)c3)nn2[C@@H]2c3cc(F)cc(C)c3C[C@H]2O)C1. The highest BCUT2D eigenvalue weighted by atomic mass is 19.1. The number of amides is 1. The van der Waals surface area contributed by atoms with Gasteiger partial charge in [0.25, 0.3) is 0 Å². The van der Waals surface area contributed by atoms with Crippen LogP contribution in [0.5, 0.6) is 0 Å². The number of nitriles is 1. The van der Waals surface area contributed by atoms with E-state index in [1.54, 1.807) is 24.0 Å². The van der Waals surface area contributed by atoms with Crippen molar-refractivity contribution in [2.45, 2.75) is 45.4 Å². The molecule has 2 atom stereocenters. The summed E-state index contributed by atoms with van der Waals surface area (Å²) in [4.78, 5) is 13.9. The lowest BCUT2D eigenvalue weighted by Gasteiger charge is -2.28. The number of nitrogens with zero attached hydrogens (tertiary/aromatic N) is 4. The van der Waals surface area contributed by atoms with E-state index in [0.717, 1.165) is 33.5 Å². The van der Waals surface area contributed by atoms with Crippen LogP contribution >= 0.6 is 0 Å². The van der Waals surface area contributed by atoms with Crippen molar-refractivity contribution in [2.75, 3.05) is 6.54 Å². The monoisotopic (exact) mass is 430 g/mol. The lowest BCUT2D eigenvalue weighted by molar-refractivity contribution is -0.129. The summed E-state index contributed by atoms with van der Waals surface area (Å²) < 4.78 is 16.1. The summed E-state index contributed by atoms with van der Waals surface area (Å²) in [7, 11) is 0. The number of hydrogen-bond donors (Lipinski definition) is 1. The van der Waals surface area contributed by atoms with Crippen LogP contribution in [0.25, 0.3) is 11.3 Å². The van der Waals surface area contributed by atoms with Crippen LogP contribution in [0.1, 0.15) is 46.5 Å². The first-order valence-electron chi connectivity index (χ1n) is 10.7. The first kappa shape index (κ1) is 20.4. The van der Waals surface area contributed by atoms with Crippen molar-refractivity contribution in [3.8, 4) is 17.3 Å². The molecule has 0 radical (unpaired) electrons. The number of aliphatic hydroxyl groups excluding tert-OH is 1. The van der Waals surface area contributed by atoms with Crippen molar-refractivity contribution in [2.24, 2.45) is 0 Å². The number of rotatable bonds is 2. The maximum Gasteiger partial charge on any atom is 0.219 e. The summed E-state index contributed by atoms with van der Waals surface area (Å²) >= 11 is 0. The average Bonchev–Trinajstić information content (AvgIpc) is 3.30. The molecule has 1 aromatic heterocycles. The predicted octanol–water partition coefficient (Wildman–Crippen LogP) is 3.28. The zero-order valence-corrected chi connectivity index (χ0v) is 18.0. The lowest BCUT2D eigenvalue weighted by atomic mass is 9.99. The summed E-state index contributed by atoms with van der Waals surface area (Å²) in [5, 5.41) is 25.2. The van der Waals surface area contributed by atoms with Crippen LogP contribution in [0.2, 0.25) is 0 Å². The van der Waals surface area contributed by atoms with Gasteiger partial charge in [-0.3, -0.25) is 9.48 Å². The molecule has 3 aromatic rings. The van der Waals surface area contributed by atoms with E-state index in [1.807, 2.05) is 23.7 Å². The van der Waals surface area contributed by atoms with Crippen LogP contribution in [-0.4, -0.2) is 38.3 Å². The van der Waals surface area contributed by atoms with Crippen LogP contribution in [-0.2, 0) is 24.2 Å². The predicted molar refractivity (Wildman–Crippen MR) is 116 cm³/mol. The molecule has 1 N–H and O–H groups in total.